The lowest BCUT2D eigenvalue weighted by molar-refractivity contribution is -0.273. The molecule has 0 aromatic carbocycles. The number of hydrogen-bond donors (Lipinski definition) is 0. The molecule has 208 valence electrons. The van der Waals surface area contributed by atoms with E-state index in [0.717, 1.165) is 32.3 Å². The van der Waals surface area contributed by atoms with Crippen molar-refractivity contribution in [2.24, 2.45) is 52.3 Å². The van der Waals surface area contributed by atoms with Gasteiger partial charge in [-0.2, -0.15) is 0 Å². The van der Waals surface area contributed by atoms with Gasteiger partial charge < -0.3 is 18.9 Å². The third-order valence-electron chi connectivity index (χ3n) is 12.5. The molecule has 4 aliphatic carbocycles. The van der Waals surface area contributed by atoms with Crippen molar-refractivity contribution in [1.29, 1.82) is 0 Å². The number of fused-ring (bicyclic) bond motifs is 7. The second-order valence-electron chi connectivity index (χ2n) is 14.4. The standard InChI is InChI=1S/C31H48O6/c1-17-9-12-31(34-16-17)18(2)28-26(37-31)14-24-22-8-7-21-13-25(35-19(3)32)27(36-20(4)33)15-30(21,6)23(22)10-11-29(24,28)5/h17-18,21-28H,7-16H2,1-6H3. The SMILES string of the molecule is CC(=O)OC1CC2CCC3C(CCC4(C)C3CC3OC5(CCC(C)CO5)C(C)C34)C2(C)CC1OC(C)=O. The predicted octanol–water partition coefficient (Wildman–Crippen LogP) is 5.91. The number of carbonyl (C=O) groups is 2. The van der Waals surface area contributed by atoms with Crippen molar-refractivity contribution in [3.05, 3.63) is 0 Å². The van der Waals surface area contributed by atoms with Gasteiger partial charge in [-0.05, 0) is 97.7 Å². The minimum atomic E-state index is -0.358. The average molecular weight is 517 g/mol. The van der Waals surface area contributed by atoms with Crippen molar-refractivity contribution in [2.75, 3.05) is 6.61 Å². The number of carbonyl (C=O) groups excluding carboxylic acids is 2. The van der Waals surface area contributed by atoms with Crippen LogP contribution in [0.25, 0.3) is 0 Å². The Morgan fingerprint density at radius 2 is 1.57 bits per heavy atom. The molecule has 13 atom stereocenters. The summed E-state index contributed by atoms with van der Waals surface area (Å²) in [6, 6.07) is 0. The number of esters is 2. The molecule has 6 heteroatoms. The summed E-state index contributed by atoms with van der Waals surface area (Å²) in [5.74, 6) is 3.21. The first-order valence-corrected chi connectivity index (χ1v) is 15.1. The Morgan fingerprint density at radius 3 is 2.24 bits per heavy atom. The Kier molecular flexibility index (Phi) is 6.31. The van der Waals surface area contributed by atoms with Crippen LogP contribution in [0, 0.1) is 52.3 Å². The number of hydrogen-bond acceptors (Lipinski definition) is 6. The van der Waals surface area contributed by atoms with Crippen molar-refractivity contribution in [1.82, 2.24) is 0 Å². The molecule has 4 saturated carbocycles. The molecule has 37 heavy (non-hydrogen) atoms. The quantitative estimate of drug-likeness (QED) is 0.425. The third-order valence-corrected chi connectivity index (χ3v) is 12.5. The molecular formula is C31H48O6. The second kappa shape index (κ2) is 8.94. The molecule has 6 aliphatic rings. The van der Waals surface area contributed by atoms with E-state index in [1.165, 1.54) is 46.0 Å². The molecule has 0 N–H and O–H groups in total. The van der Waals surface area contributed by atoms with Crippen LogP contribution in [0.3, 0.4) is 0 Å². The first-order chi connectivity index (χ1) is 17.5. The zero-order chi connectivity index (χ0) is 26.3. The van der Waals surface area contributed by atoms with Crippen LogP contribution in [0.15, 0.2) is 0 Å². The van der Waals surface area contributed by atoms with Crippen molar-refractivity contribution in [3.8, 4) is 0 Å². The van der Waals surface area contributed by atoms with Crippen molar-refractivity contribution < 1.29 is 28.5 Å². The Bertz CT molecular complexity index is 925. The molecule has 6 fully saturated rings. The van der Waals surface area contributed by atoms with E-state index in [0.29, 0.717) is 52.9 Å². The van der Waals surface area contributed by atoms with E-state index in [-0.39, 0.29) is 35.3 Å². The minimum absolute atomic E-state index is 0.106. The van der Waals surface area contributed by atoms with Crippen LogP contribution in [0.2, 0.25) is 0 Å². The van der Waals surface area contributed by atoms with E-state index >= 15 is 0 Å². The highest BCUT2D eigenvalue weighted by molar-refractivity contribution is 5.67. The summed E-state index contributed by atoms with van der Waals surface area (Å²) in [7, 11) is 0. The van der Waals surface area contributed by atoms with E-state index in [1.807, 2.05) is 0 Å². The number of ether oxygens (including phenoxy) is 4. The predicted molar refractivity (Wildman–Crippen MR) is 138 cm³/mol. The molecule has 0 bridgehead atoms. The molecular weight excluding hydrogens is 468 g/mol. The molecule has 6 rings (SSSR count). The molecule has 0 aromatic heterocycles. The summed E-state index contributed by atoms with van der Waals surface area (Å²) < 4.78 is 24.9. The van der Waals surface area contributed by atoms with Crippen LogP contribution < -0.4 is 0 Å². The summed E-state index contributed by atoms with van der Waals surface area (Å²) in [5.41, 5.74) is 0.406. The lowest BCUT2D eigenvalue weighted by atomic mass is 9.44. The largest absolute Gasteiger partial charge is 0.459 e. The molecule has 0 radical (unpaired) electrons. The molecule has 2 heterocycles. The van der Waals surface area contributed by atoms with E-state index in [1.54, 1.807) is 0 Å². The fourth-order valence-electron chi connectivity index (χ4n) is 10.9. The maximum Gasteiger partial charge on any atom is 0.303 e. The highest BCUT2D eigenvalue weighted by Crippen LogP contribution is 2.71. The zero-order valence-electron chi connectivity index (χ0n) is 23.8. The van der Waals surface area contributed by atoms with Crippen LogP contribution in [0.4, 0.5) is 0 Å². The van der Waals surface area contributed by atoms with Gasteiger partial charge in [0.2, 0.25) is 0 Å². The van der Waals surface area contributed by atoms with E-state index < -0.39 is 0 Å². The summed E-state index contributed by atoms with van der Waals surface area (Å²) in [6.07, 6.45) is 9.57. The highest BCUT2D eigenvalue weighted by Gasteiger charge is 2.69. The highest BCUT2D eigenvalue weighted by atomic mass is 16.7. The summed E-state index contributed by atoms with van der Waals surface area (Å²) >= 11 is 0. The van der Waals surface area contributed by atoms with Gasteiger partial charge >= 0.3 is 11.9 Å². The summed E-state index contributed by atoms with van der Waals surface area (Å²) in [6.45, 7) is 13.5. The average Bonchev–Trinajstić information content (AvgIpc) is 3.26. The van der Waals surface area contributed by atoms with Crippen molar-refractivity contribution in [3.63, 3.8) is 0 Å². The van der Waals surface area contributed by atoms with E-state index in [9.17, 15) is 9.59 Å². The first-order valence-electron chi connectivity index (χ1n) is 15.1. The van der Waals surface area contributed by atoms with Gasteiger partial charge in [0.05, 0.1) is 12.7 Å². The van der Waals surface area contributed by atoms with Crippen LogP contribution in [0.1, 0.15) is 99.3 Å². The fourth-order valence-corrected chi connectivity index (χ4v) is 10.9. The lowest BCUT2D eigenvalue weighted by Gasteiger charge is -2.62. The molecule has 2 aliphatic heterocycles. The summed E-state index contributed by atoms with van der Waals surface area (Å²) in [4.78, 5) is 23.8. The Labute approximate surface area is 222 Å². The van der Waals surface area contributed by atoms with Gasteiger partial charge in [0.25, 0.3) is 0 Å². The van der Waals surface area contributed by atoms with Gasteiger partial charge in [-0.1, -0.05) is 27.7 Å². The first kappa shape index (κ1) is 26.1. The fraction of sp³-hybridized carbons (Fsp3) is 0.935. The van der Waals surface area contributed by atoms with Crippen LogP contribution in [-0.2, 0) is 28.5 Å². The maximum absolute atomic E-state index is 12.0. The normalized spacial score (nSPS) is 54.5. The molecule has 6 nitrogen and oxygen atoms in total. The van der Waals surface area contributed by atoms with Gasteiger partial charge in [0, 0.05) is 26.2 Å². The monoisotopic (exact) mass is 516 g/mol. The van der Waals surface area contributed by atoms with Gasteiger partial charge in [-0.25, -0.2) is 0 Å². The molecule has 0 amide bonds. The minimum Gasteiger partial charge on any atom is -0.459 e. The summed E-state index contributed by atoms with van der Waals surface area (Å²) in [5, 5.41) is 0. The Balaban J connectivity index is 1.23. The smallest absolute Gasteiger partial charge is 0.303 e. The van der Waals surface area contributed by atoms with Crippen molar-refractivity contribution >= 4 is 11.9 Å². The van der Waals surface area contributed by atoms with Gasteiger partial charge in [-0.3, -0.25) is 9.59 Å². The number of rotatable bonds is 2. The lowest BCUT2D eigenvalue weighted by Crippen LogP contribution is -2.58. The van der Waals surface area contributed by atoms with Gasteiger partial charge in [0.1, 0.15) is 12.2 Å². The molecule has 13 unspecified atom stereocenters. The Morgan fingerprint density at radius 1 is 0.838 bits per heavy atom. The topological polar surface area (TPSA) is 71.1 Å². The molecule has 0 aromatic rings. The van der Waals surface area contributed by atoms with E-state index in [2.05, 4.69) is 27.7 Å². The maximum atomic E-state index is 12.0. The zero-order valence-corrected chi connectivity index (χ0v) is 23.8. The van der Waals surface area contributed by atoms with Gasteiger partial charge in [0.15, 0.2) is 5.79 Å². The van der Waals surface area contributed by atoms with Crippen LogP contribution in [0.5, 0.6) is 0 Å². The van der Waals surface area contributed by atoms with Crippen LogP contribution >= 0.6 is 0 Å². The van der Waals surface area contributed by atoms with E-state index in [4.69, 9.17) is 18.9 Å². The van der Waals surface area contributed by atoms with Gasteiger partial charge in [-0.15, -0.1) is 0 Å². The van der Waals surface area contributed by atoms with Crippen molar-refractivity contribution in [2.45, 2.75) is 123 Å². The molecule has 1 spiro atoms. The molecule has 2 saturated heterocycles. The third kappa shape index (κ3) is 3.93. The van der Waals surface area contributed by atoms with Crippen LogP contribution in [-0.4, -0.2) is 42.6 Å². The second-order valence-corrected chi connectivity index (χ2v) is 14.4. The Hall–Kier alpha value is -1.14.